The van der Waals surface area contributed by atoms with Crippen molar-refractivity contribution in [1.82, 2.24) is 4.90 Å². The molecule has 1 aromatic rings. The van der Waals surface area contributed by atoms with Crippen molar-refractivity contribution in [1.29, 1.82) is 0 Å². The van der Waals surface area contributed by atoms with E-state index in [0.29, 0.717) is 24.3 Å². The Hall–Kier alpha value is -1.60. The van der Waals surface area contributed by atoms with Gasteiger partial charge in [0.1, 0.15) is 0 Å². The summed E-state index contributed by atoms with van der Waals surface area (Å²) in [6, 6.07) is 7.02. The molecule has 3 fully saturated rings. The molecule has 1 aromatic carbocycles. The Kier molecular flexibility index (Phi) is 6.63. The van der Waals surface area contributed by atoms with Gasteiger partial charge in [0, 0.05) is 17.1 Å². The van der Waals surface area contributed by atoms with Gasteiger partial charge in [0.25, 0.3) is 5.91 Å². The van der Waals surface area contributed by atoms with E-state index in [9.17, 15) is 18.0 Å². The lowest BCUT2D eigenvalue weighted by Crippen LogP contribution is -2.49. The molecule has 1 amide bonds. The molecule has 1 saturated heterocycles. The summed E-state index contributed by atoms with van der Waals surface area (Å²) in [7, 11) is -3.11. The summed E-state index contributed by atoms with van der Waals surface area (Å²) in [5, 5.41) is 0.610. The van der Waals surface area contributed by atoms with Gasteiger partial charge in [-0.3, -0.25) is 9.59 Å². The molecule has 1 heterocycles. The Morgan fingerprint density at radius 1 is 1.00 bits per heavy atom. The topological polar surface area (TPSA) is 80.8 Å². The molecule has 6 nitrogen and oxygen atoms in total. The highest BCUT2D eigenvalue weighted by molar-refractivity contribution is 7.91. The zero-order chi connectivity index (χ0) is 22.1. The first-order valence-corrected chi connectivity index (χ1v) is 13.5. The molecule has 0 bridgehead atoms. The summed E-state index contributed by atoms with van der Waals surface area (Å²) in [6.07, 6.45) is 7.53. The number of hydrogen-bond donors (Lipinski definition) is 0. The van der Waals surface area contributed by atoms with Gasteiger partial charge < -0.3 is 9.64 Å². The van der Waals surface area contributed by atoms with E-state index in [4.69, 9.17) is 16.3 Å². The number of carbonyl (C=O) groups excluding carboxylic acids is 2. The number of carbonyl (C=O) groups is 2. The van der Waals surface area contributed by atoms with Crippen molar-refractivity contribution in [3.05, 3.63) is 34.9 Å². The summed E-state index contributed by atoms with van der Waals surface area (Å²) < 4.78 is 29.6. The van der Waals surface area contributed by atoms with E-state index in [1.54, 1.807) is 17.0 Å². The first-order valence-electron chi connectivity index (χ1n) is 11.3. The molecule has 0 radical (unpaired) electrons. The number of esters is 1. The first kappa shape index (κ1) is 22.6. The number of sulfone groups is 1. The minimum Gasteiger partial charge on any atom is -0.455 e. The number of hydrogen-bond acceptors (Lipinski definition) is 5. The number of rotatable bonds is 6. The normalized spacial score (nSPS) is 24.9. The predicted octanol–water partition coefficient (Wildman–Crippen LogP) is 3.65. The molecule has 1 atom stereocenters. The Morgan fingerprint density at radius 2 is 1.65 bits per heavy atom. The molecule has 31 heavy (non-hydrogen) atoms. The SMILES string of the molecule is O=C(COC(=O)C1(c2ccc(Cl)cc2)CCCC1)N(C1CCCC1)C1CCS(=O)(=O)C1. The third kappa shape index (κ3) is 4.77. The maximum atomic E-state index is 13.2. The number of amides is 1. The summed E-state index contributed by atoms with van der Waals surface area (Å²) >= 11 is 6.02. The van der Waals surface area contributed by atoms with Crippen LogP contribution in [0.3, 0.4) is 0 Å². The fraction of sp³-hybridized carbons (Fsp3) is 0.652. The molecular weight excluding hydrogens is 438 g/mol. The maximum absolute atomic E-state index is 13.2. The molecule has 4 rings (SSSR count). The quantitative estimate of drug-likeness (QED) is 0.596. The lowest BCUT2D eigenvalue weighted by Gasteiger charge is -2.34. The Morgan fingerprint density at radius 3 is 2.23 bits per heavy atom. The van der Waals surface area contributed by atoms with E-state index in [1.165, 1.54) is 0 Å². The van der Waals surface area contributed by atoms with Crippen LogP contribution < -0.4 is 0 Å². The van der Waals surface area contributed by atoms with Crippen LogP contribution >= 0.6 is 11.6 Å². The Balaban J connectivity index is 1.47. The molecule has 2 aliphatic carbocycles. The van der Waals surface area contributed by atoms with Crippen LogP contribution in [0, 0.1) is 0 Å². The number of halogens is 1. The zero-order valence-electron chi connectivity index (χ0n) is 17.7. The third-order valence-electron chi connectivity index (χ3n) is 7.18. The molecule has 0 aromatic heterocycles. The van der Waals surface area contributed by atoms with Crippen molar-refractivity contribution in [3.8, 4) is 0 Å². The Bertz CT molecular complexity index is 918. The second kappa shape index (κ2) is 9.10. The number of ether oxygens (including phenoxy) is 1. The van der Waals surface area contributed by atoms with Gasteiger partial charge in [0.05, 0.1) is 16.9 Å². The first-order chi connectivity index (χ1) is 14.8. The summed E-state index contributed by atoms with van der Waals surface area (Å²) in [5.74, 6) is -0.511. The van der Waals surface area contributed by atoms with E-state index in [0.717, 1.165) is 44.1 Å². The van der Waals surface area contributed by atoms with Gasteiger partial charge in [0.2, 0.25) is 0 Å². The minimum absolute atomic E-state index is 0.0118. The summed E-state index contributed by atoms with van der Waals surface area (Å²) in [6.45, 7) is -0.332. The van der Waals surface area contributed by atoms with Gasteiger partial charge in [0.15, 0.2) is 16.4 Å². The minimum atomic E-state index is -3.11. The fourth-order valence-electron chi connectivity index (χ4n) is 5.58. The molecule has 1 unspecified atom stereocenters. The van der Waals surface area contributed by atoms with E-state index < -0.39 is 15.3 Å². The van der Waals surface area contributed by atoms with Crippen molar-refractivity contribution in [3.63, 3.8) is 0 Å². The van der Waals surface area contributed by atoms with E-state index >= 15 is 0 Å². The highest BCUT2D eigenvalue weighted by Gasteiger charge is 2.45. The summed E-state index contributed by atoms with van der Waals surface area (Å²) in [5.41, 5.74) is 0.140. The van der Waals surface area contributed by atoms with Crippen LogP contribution in [0.25, 0.3) is 0 Å². The maximum Gasteiger partial charge on any atom is 0.317 e. The lowest BCUT2D eigenvalue weighted by atomic mass is 9.79. The highest BCUT2D eigenvalue weighted by atomic mass is 35.5. The van der Waals surface area contributed by atoms with Crippen molar-refractivity contribution >= 4 is 33.3 Å². The number of benzene rings is 1. The molecule has 0 spiro atoms. The van der Waals surface area contributed by atoms with Gasteiger partial charge in [-0.15, -0.1) is 0 Å². The predicted molar refractivity (Wildman–Crippen MR) is 119 cm³/mol. The standard InChI is InChI=1S/C23H30ClNO5S/c24-18-9-7-17(8-10-18)23(12-3-4-13-23)22(27)30-15-21(26)25(19-5-1-2-6-19)20-11-14-31(28,29)16-20/h7-10,19-20H,1-6,11-16H2. The van der Waals surface area contributed by atoms with Crippen LogP contribution in [-0.2, 0) is 29.6 Å². The average Bonchev–Trinajstić information content (AvgIpc) is 3.49. The van der Waals surface area contributed by atoms with Gasteiger partial charge in [-0.1, -0.05) is 49.4 Å². The van der Waals surface area contributed by atoms with Crippen LogP contribution in [0.1, 0.15) is 63.4 Å². The monoisotopic (exact) mass is 467 g/mol. The highest BCUT2D eigenvalue weighted by Crippen LogP contribution is 2.42. The van der Waals surface area contributed by atoms with Crippen LogP contribution in [0.2, 0.25) is 5.02 Å². The average molecular weight is 468 g/mol. The largest absolute Gasteiger partial charge is 0.455 e. The van der Waals surface area contributed by atoms with Crippen LogP contribution in [0.4, 0.5) is 0 Å². The van der Waals surface area contributed by atoms with Gasteiger partial charge >= 0.3 is 5.97 Å². The van der Waals surface area contributed by atoms with Crippen LogP contribution in [-0.4, -0.2) is 55.4 Å². The molecule has 170 valence electrons. The smallest absolute Gasteiger partial charge is 0.317 e. The Labute approximate surface area is 189 Å². The van der Waals surface area contributed by atoms with E-state index in [2.05, 4.69) is 0 Å². The molecular formula is C23H30ClNO5S. The van der Waals surface area contributed by atoms with Gasteiger partial charge in [-0.2, -0.15) is 0 Å². The molecule has 8 heteroatoms. The van der Waals surface area contributed by atoms with Crippen LogP contribution in [0.5, 0.6) is 0 Å². The molecule has 0 N–H and O–H groups in total. The molecule has 2 saturated carbocycles. The van der Waals surface area contributed by atoms with Gasteiger partial charge in [-0.25, -0.2) is 8.42 Å². The fourth-order valence-corrected chi connectivity index (χ4v) is 7.42. The van der Waals surface area contributed by atoms with Crippen molar-refractivity contribution < 1.29 is 22.7 Å². The van der Waals surface area contributed by atoms with E-state index in [-0.39, 0.29) is 42.1 Å². The van der Waals surface area contributed by atoms with Crippen molar-refractivity contribution in [2.24, 2.45) is 0 Å². The third-order valence-corrected chi connectivity index (χ3v) is 9.18. The van der Waals surface area contributed by atoms with Crippen molar-refractivity contribution in [2.45, 2.75) is 75.3 Å². The molecule has 1 aliphatic heterocycles. The number of nitrogens with zero attached hydrogens (tertiary/aromatic N) is 1. The molecule has 3 aliphatic rings. The van der Waals surface area contributed by atoms with E-state index in [1.807, 2.05) is 12.1 Å². The second-order valence-electron chi connectivity index (χ2n) is 9.17. The van der Waals surface area contributed by atoms with Crippen molar-refractivity contribution in [2.75, 3.05) is 18.1 Å². The van der Waals surface area contributed by atoms with Gasteiger partial charge in [-0.05, 0) is 49.8 Å². The lowest BCUT2D eigenvalue weighted by molar-refractivity contribution is -0.158. The second-order valence-corrected chi connectivity index (χ2v) is 11.8. The zero-order valence-corrected chi connectivity index (χ0v) is 19.3. The van der Waals surface area contributed by atoms with Crippen LogP contribution in [0.15, 0.2) is 24.3 Å². The summed E-state index contributed by atoms with van der Waals surface area (Å²) in [4.78, 5) is 28.1.